The third-order valence-electron chi connectivity index (χ3n) is 2.84. The fraction of sp³-hybridized carbons (Fsp3) is 0.750. The summed E-state index contributed by atoms with van der Waals surface area (Å²) in [4.78, 5) is 33.7. The van der Waals surface area contributed by atoms with Crippen LogP contribution in [0, 0.1) is 5.92 Å². The fourth-order valence-corrected chi connectivity index (χ4v) is 2.13. The summed E-state index contributed by atoms with van der Waals surface area (Å²) in [5, 5.41) is 0. The second-order valence-electron chi connectivity index (χ2n) is 4.10. The number of rotatable bonds is 8. The molecule has 19 heavy (non-hydrogen) atoms. The van der Waals surface area contributed by atoms with E-state index in [2.05, 4.69) is 23.5 Å². The average molecular weight is 292 g/mol. The molecule has 0 heterocycles. The van der Waals surface area contributed by atoms with Crippen LogP contribution in [0.15, 0.2) is 0 Å². The first-order valence-corrected chi connectivity index (χ1v) is 6.57. The Kier molecular flexibility index (Phi) is 9.13. The van der Waals surface area contributed by atoms with Gasteiger partial charge in [-0.3, -0.25) is 14.4 Å². The van der Waals surface area contributed by atoms with Gasteiger partial charge in [-0.2, -0.15) is 0 Å². The molecule has 7 heteroatoms. The second-order valence-corrected chi connectivity index (χ2v) is 4.96. The maximum atomic E-state index is 11.3. The molecule has 0 N–H and O–H groups in total. The molecule has 3 atom stereocenters. The number of ether oxygens (including phenoxy) is 3. The zero-order valence-electron chi connectivity index (χ0n) is 11.5. The largest absolute Gasteiger partial charge is 0.469 e. The van der Waals surface area contributed by atoms with Crippen LogP contribution in [0.2, 0.25) is 0 Å². The molecule has 0 aromatic heterocycles. The van der Waals surface area contributed by atoms with Crippen molar-refractivity contribution in [1.29, 1.82) is 0 Å². The molecule has 0 radical (unpaired) electrons. The van der Waals surface area contributed by atoms with E-state index in [0.717, 1.165) is 0 Å². The molecular formula is C12H21O6P. The number of carbonyl (C=O) groups is 3. The van der Waals surface area contributed by atoms with Gasteiger partial charge in [0.1, 0.15) is 0 Å². The van der Waals surface area contributed by atoms with E-state index < -0.39 is 0 Å². The first-order valence-electron chi connectivity index (χ1n) is 5.90. The van der Waals surface area contributed by atoms with Crippen molar-refractivity contribution in [2.75, 3.05) is 21.3 Å². The highest BCUT2D eigenvalue weighted by atomic mass is 31.0. The van der Waals surface area contributed by atoms with Gasteiger partial charge in [-0.15, -0.1) is 9.24 Å². The first-order chi connectivity index (χ1) is 8.94. The van der Waals surface area contributed by atoms with Crippen molar-refractivity contribution < 1.29 is 28.6 Å². The molecule has 110 valence electrons. The van der Waals surface area contributed by atoms with Gasteiger partial charge in [0.2, 0.25) is 0 Å². The highest BCUT2D eigenvalue weighted by molar-refractivity contribution is 7.17. The van der Waals surface area contributed by atoms with Crippen LogP contribution in [-0.4, -0.2) is 44.9 Å². The second kappa shape index (κ2) is 9.73. The predicted octanol–water partition coefficient (Wildman–Crippen LogP) is 0.926. The maximum Gasteiger partial charge on any atom is 0.306 e. The van der Waals surface area contributed by atoms with E-state index in [4.69, 9.17) is 0 Å². The third kappa shape index (κ3) is 7.78. The standard InChI is InChI=1S/C12H21O6P/c1-16-10(13)5-4-8(6-11(14)17-2)9(19)7-12(15)18-3/h8-9H,4-7,19H2,1-3H3. The highest BCUT2D eigenvalue weighted by Gasteiger charge is 2.24. The molecular weight excluding hydrogens is 271 g/mol. The van der Waals surface area contributed by atoms with Gasteiger partial charge in [-0.25, -0.2) is 0 Å². The van der Waals surface area contributed by atoms with Crippen molar-refractivity contribution in [3.63, 3.8) is 0 Å². The normalized spacial score (nSPS) is 13.3. The lowest BCUT2D eigenvalue weighted by atomic mass is 9.93. The molecule has 0 aliphatic rings. The SMILES string of the molecule is COC(=O)CCC(CC(=O)OC)C(P)CC(=O)OC. The van der Waals surface area contributed by atoms with Gasteiger partial charge in [0.25, 0.3) is 0 Å². The van der Waals surface area contributed by atoms with Crippen LogP contribution in [0.4, 0.5) is 0 Å². The molecule has 0 saturated heterocycles. The van der Waals surface area contributed by atoms with Gasteiger partial charge in [0, 0.05) is 12.8 Å². The van der Waals surface area contributed by atoms with Gasteiger partial charge < -0.3 is 14.2 Å². The summed E-state index contributed by atoms with van der Waals surface area (Å²) in [6.45, 7) is 0. The van der Waals surface area contributed by atoms with Crippen LogP contribution in [0.1, 0.15) is 25.7 Å². The van der Waals surface area contributed by atoms with E-state index in [1.807, 2.05) is 0 Å². The molecule has 0 bridgehead atoms. The van der Waals surface area contributed by atoms with Crippen LogP contribution in [-0.2, 0) is 28.6 Å². The summed E-state index contributed by atoms with van der Waals surface area (Å²) in [6.07, 6.45) is 0.972. The lowest BCUT2D eigenvalue weighted by Crippen LogP contribution is -2.23. The van der Waals surface area contributed by atoms with Crippen LogP contribution in [0.5, 0.6) is 0 Å². The van der Waals surface area contributed by atoms with Crippen molar-refractivity contribution in [3.05, 3.63) is 0 Å². The molecule has 0 aromatic rings. The number of hydrogen-bond acceptors (Lipinski definition) is 6. The fourth-order valence-electron chi connectivity index (χ4n) is 1.61. The number of carbonyl (C=O) groups excluding carboxylic acids is 3. The Labute approximate surface area is 115 Å². The monoisotopic (exact) mass is 292 g/mol. The predicted molar refractivity (Wildman–Crippen MR) is 71.5 cm³/mol. The number of hydrogen-bond donors (Lipinski definition) is 0. The van der Waals surface area contributed by atoms with Crippen molar-refractivity contribution in [1.82, 2.24) is 0 Å². The smallest absolute Gasteiger partial charge is 0.306 e. The molecule has 0 aromatic carbocycles. The summed E-state index contributed by atoms with van der Waals surface area (Å²) >= 11 is 0. The highest BCUT2D eigenvalue weighted by Crippen LogP contribution is 2.26. The molecule has 0 fully saturated rings. The van der Waals surface area contributed by atoms with E-state index in [-0.39, 0.29) is 48.7 Å². The lowest BCUT2D eigenvalue weighted by molar-refractivity contribution is -0.144. The third-order valence-corrected chi connectivity index (χ3v) is 3.62. The van der Waals surface area contributed by atoms with Gasteiger partial charge in [0.05, 0.1) is 27.8 Å². The zero-order valence-corrected chi connectivity index (χ0v) is 12.7. The van der Waals surface area contributed by atoms with E-state index in [1.165, 1.54) is 21.3 Å². The lowest BCUT2D eigenvalue weighted by Gasteiger charge is -2.21. The number of methoxy groups -OCH3 is 3. The first kappa shape index (κ1) is 17.8. The molecule has 6 nitrogen and oxygen atoms in total. The van der Waals surface area contributed by atoms with Crippen LogP contribution >= 0.6 is 9.24 Å². The van der Waals surface area contributed by atoms with Crippen LogP contribution in [0.25, 0.3) is 0 Å². The Morgan fingerprint density at radius 1 is 0.895 bits per heavy atom. The van der Waals surface area contributed by atoms with E-state index in [9.17, 15) is 14.4 Å². The molecule has 0 aliphatic carbocycles. The average Bonchev–Trinajstić information content (AvgIpc) is 2.41. The molecule has 3 unspecified atom stereocenters. The minimum absolute atomic E-state index is 0.151. The summed E-state index contributed by atoms with van der Waals surface area (Å²) in [5.74, 6) is -1.22. The Bertz CT molecular complexity index is 317. The van der Waals surface area contributed by atoms with Crippen molar-refractivity contribution in [3.8, 4) is 0 Å². The zero-order chi connectivity index (χ0) is 14.8. The van der Waals surface area contributed by atoms with Gasteiger partial charge in [-0.1, -0.05) is 0 Å². The quantitative estimate of drug-likeness (QED) is 0.376. The van der Waals surface area contributed by atoms with E-state index in [1.54, 1.807) is 0 Å². The molecule has 0 saturated carbocycles. The topological polar surface area (TPSA) is 78.9 Å². The Morgan fingerprint density at radius 2 is 1.37 bits per heavy atom. The van der Waals surface area contributed by atoms with Gasteiger partial charge in [-0.05, 0) is 18.0 Å². The molecule has 0 spiro atoms. The maximum absolute atomic E-state index is 11.3. The van der Waals surface area contributed by atoms with Crippen molar-refractivity contribution >= 4 is 27.1 Å². The van der Waals surface area contributed by atoms with Crippen LogP contribution in [0.3, 0.4) is 0 Å². The molecule has 0 amide bonds. The summed E-state index contributed by atoms with van der Waals surface area (Å²) in [6, 6.07) is 0. The molecule has 0 rings (SSSR count). The van der Waals surface area contributed by atoms with Crippen molar-refractivity contribution in [2.45, 2.75) is 31.3 Å². The van der Waals surface area contributed by atoms with E-state index in [0.29, 0.717) is 6.42 Å². The summed E-state index contributed by atoms with van der Waals surface area (Å²) in [7, 11) is 6.44. The summed E-state index contributed by atoms with van der Waals surface area (Å²) < 4.78 is 13.8. The molecule has 0 aliphatic heterocycles. The Hall–Kier alpha value is -1.16. The Morgan fingerprint density at radius 3 is 1.84 bits per heavy atom. The van der Waals surface area contributed by atoms with Gasteiger partial charge in [0.15, 0.2) is 0 Å². The minimum Gasteiger partial charge on any atom is -0.469 e. The Balaban J connectivity index is 4.50. The summed E-state index contributed by atoms with van der Waals surface area (Å²) in [5.41, 5.74) is -0.156. The number of esters is 3. The van der Waals surface area contributed by atoms with E-state index >= 15 is 0 Å². The van der Waals surface area contributed by atoms with Crippen LogP contribution < -0.4 is 0 Å². The van der Waals surface area contributed by atoms with Crippen molar-refractivity contribution in [2.24, 2.45) is 5.92 Å². The van der Waals surface area contributed by atoms with Gasteiger partial charge >= 0.3 is 17.9 Å². The minimum atomic E-state index is -0.368.